The molecule has 140 valence electrons. The minimum absolute atomic E-state index is 0.188. The number of hydrogen-bond acceptors (Lipinski definition) is 8. The van der Waals surface area contributed by atoms with Crippen LogP contribution in [0.4, 0.5) is 5.82 Å². The Balaban J connectivity index is 1.59. The molecule has 0 spiro atoms. The molecule has 0 atom stereocenters. The van der Waals surface area contributed by atoms with Crippen LogP contribution < -0.4 is 11.3 Å². The van der Waals surface area contributed by atoms with Gasteiger partial charge in [-0.15, -0.1) is 16.4 Å². The monoisotopic (exact) mass is 393 g/mol. The highest BCUT2D eigenvalue weighted by Gasteiger charge is 2.18. The van der Waals surface area contributed by atoms with Gasteiger partial charge in [0.15, 0.2) is 5.65 Å². The summed E-state index contributed by atoms with van der Waals surface area (Å²) in [5.74, 6) is 0.412. The molecule has 5 aromatic heterocycles. The van der Waals surface area contributed by atoms with Gasteiger partial charge in [0.05, 0.1) is 28.8 Å². The first-order chi connectivity index (χ1) is 13.6. The molecule has 10 nitrogen and oxygen atoms in total. The van der Waals surface area contributed by atoms with Crippen LogP contribution in [0.2, 0.25) is 0 Å². The number of aromatic amines is 1. The average Bonchev–Trinajstić information content (AvgIpc) is 3.37. The molecule has 0 amide bonds. The predicted molar refractivity (Wildman–Crippen MR) is 105 cm³/mol. The zero-order chi connectivity index (χ0) is 19.3. The number of aryl methyl sites for hydroxylation is 1. The van der Waals surface area contributed by atoms with Crippen molar-refractivity contribution in [3.63, 3.8) is 0 Å². The standard InChI is InChI=1S/C17H15N9OS/c1-25-14-11(15-16(25)22-13(28-15)5-10-6-19-24-23-10)7-20-26(17(14)27)8-9-3-2-4-12(18)21-9/h2-4,6-7H,5,8H2,1H3,(H2,18,21)(H,19,23,24). The second-order valence-electron chi connectivity index (χ2n) is 6.38. The number of nitrogens with one attached hydrogen (secondary N) is 1. The van der Waals surface area contributed by atoms with Crippen LogP contribution in [0.5, 0.6) is 0 Å². The first kappa shape index (κ1) is 16.6. The minimum Gasteiger partial charge on any atom is -0.384 e. The summed E-state index contributed by atoms with van der Waals surface area (Å²) in [6.07, 6.45) is 4.04. The average molecular weight is 393 g/mol. The summed E-state index contributed by atoms with van der Waals surface area (Å²) in [5, 5.41) is 16.5. The van der Waals surface area contributed by atoms with Crippen LogP contribution in [-0.4, -0.2) is 39.7 Å². The number of anilines is 1. The molecule has 0 bridgehead atoms. The Morgan fingerprint density at radius 1 is 1.25 bits per heavy atom. The van der Waals surface area contributed by atoms with Gasteiger partial charge in [0, 0.05) is 25.1 Å². The van der Waals surface area contributed by atoms with Gasteiger partial charge in [0.1, 0.15) is 16.3 Å². The fourth-order valence-corrected chi connectivity index (χ4v) is 4.35. The maximum absolute atomic E-state index is 13.0. The first-order valence-corrected chi connectivity index (χ1v) is 9.32. The molecule has 0 fully saturated rings. The third-order valence-electron chi connectivity index (χ3n) is 4.51. The van der Waals surface area contributed by atoms with Gasteiger partial charge < -0.3 is 10.3 Å². The van der Waals surface area contributed by atoms with Crippen LogP contribution in [0.25, 0.3) is 21.3 Å². The van der Waals surface area contributed by atoms with Crippen molar-refractivity contribution in [1.29, 1.82) is 0 Å². The molecular weight excluding hydrogens is 378 g/mol. The van der Waals surface area contributed by atoms with Crippen LogP contribution >= 0.6 is 11.3 Å². The maximum Gasteiger partial charge on any atom is 0.291 e. The number of H-pyrrole nitrogens is 1. The Labute approximate surface area is 161 Å². The van der Waals surface area contributed by atoms with E-state index in [0.29, 0.717) is 23.4 Å². The zero-order valence-corrected chi connectivity index (χ0v) is 15.6. The highest BCUT2D eigenvalue weighted by molar-refractivity contribution is 7.19. The smallest absolute Gasteiger partial charge is 0.291 e. The Kier molecular flexibility index (Phi) is 3.69. The molecule has 28 heavy (non-hydrogen) atoms. The van der Waals surface area contributed by atoms with E-state index in [9.17, 15) is 4.79 Å². The van der Waals surface area contributed by atoms with Crippen molar-refractivity contribution in [2.75, 3.05) is 5.73 Å². The number of nitrogens with zero attached hydrogens (tertiary/aromatic N) is 7. The molecule has 5 aromatic rings. The summed E-state index contributed by atoms with van der Waals surface area (Å²) >= 11 is 1.54. The topological polar surface area (TPSA) is 133 Å². The SMILES string of the molecule is Cn1c2nc(Cc3c[nH]nn3)sc2c2cnn(Cc3cccc(N)n3)c(=O)c21. The van der Waals surface area contributed by atoms with Crippen molar-refractivity contribution in [3.05, 3.63) is 57.3 Å². The molecule has 0 aliphatic carbocycles. The van der Waals surface area contributed by atoms with Crippen LogP contribution in [0.1, 0.15) is 16.4 Å². The van der Waals surface area contributed by atoms with E-state index in [-0.39, 0.29) is 12.1 Å². The number of nitrogen functional groups attached to an aromatic ring is 1. The van der Waals surface area contributed by atoms with Gasteiger partial charge >= 0.3 is 0 Å². The van der Waals surface area contributed by atoms with E-state index < -0.39 is 0 Å². The van der Waals surface area contributed by atoms with Gasteiger partial charge in [-0.05, 0) is 12.1 Å². The summed E-state index contributed by atoms with van der Waals surface area (Å²) in [7, 11) is 1.84. The molecule has 5 heterocycles. The summed E-state index contributed by atoms with van der Waals surface area (Å²) in [6, 6.07) is 5.33. The fraction of sp³-hybridized carbons (Fsp3) is 0.176. The van der Waals surface area contributed by atoms with Crippen LogP contribution in [0.3, 0.4) is 0 Å². The van der Waals surface area contributed by atoms with Crippen molar-refractivity contribution in [3.8, 4) is 0 Å². The van der Waals surface area contributed by atoms with Gasteiger partial charge in [0.2, 0.25) is 0 Å². The van der Waals surface area contributed by atoms with Crippen molar-refractivity contribution >= 4 is 38.4 Å². The van der Waals surface area contributed by atoms with E-state index in [1.165, 1.54) is 16.0 Å². The van der Waals surface area contributed by atoms with Gasteiger partial charge in [-0.3, -0.25) is 9.89 Å². The van der Waals surface area contributed by atoms with E-state index in [2.05, 4.69) is 30.5 Å². The van der Waals surface area contributed by atoms with Crippen molar-refractivity contribution in [2.45, 2.75) is 13.0 Å². The van der Waals surface area contributed by atoms with E-state index in [0.717, 1.165) is 26.4 Å². The number of thiazole rings is 1. The lowest BCUT2D eigenvalue weighted by Gasteiger charge is -2.05. The number of fused-ring (bicyclic) bond motifs is 3. The Hall–Kier alpha value is -3.60. The summed E-state index contributed by atoms with van der Waals surface area (Å²) in [5.41, 5.74) is 8.36. The van der Waals surface area contributed by atoms with E-state index in [1.807, 2.05) is 17.7 Å². The maximum atomic E-state index is 13.0. The Bertz CT molecular complexity index is 1360. The molecule has 0 saturated heterocycles. The van der Waals surface area contributed by atoms with Crippen molar-refractivity contribution in [1.82, 2.24) is 39.7 Å². The lowest BCUT2D eigenvalue weighted by Crippen LogP contribution is -2.25. The van der Waals surface area contributed by atoms with Crippen molar-refractivity contribution in [2.24, 2.45) is 7.05 Å². The third kappa shape index (κ3) is 2.63. The zero-order valence-electron chi connectivity index (χ0n) is 14.8. The molecular formula is C17H15N9OS. The lowest BCUT2D eigenvalue weighted by molar-refractivity contribution is 0.633. The van der Waals surface area contributed by atoms with Crippen LogP contribution in [0, 0.1) is 0 Å². The van der Waals surface area contributed by atoms with E-state index >= 15 is 0 Å². The largest absolute Gasteiger partial charge is 0.384 e. The molecule has 3 N–H and O–H groups in total. The molecule has 0 unspecified atom stereocenters. The molecule has 11 heteroatoms. The summed E-state index contributed by atoms with van der Waals surface area (Å²) in [6.45, 7) is 0.253. The van der Waals surface area contributed by atoms with Crippen molar-refractivity contribution < 1.29 is 0 Å². The number of nitrogens with two attached hydrogens (primary N) is 1. The van der Waals surface area contributed by atoms with Gasteiger partial charge in [-0.2, -0.15) is 5.10 Å². The molecule has 0 aliphatic heterocycles. The molecule has 0 radical (unpaired) electrons. The van der Waals surface area contributed by atoms with Gasteiger partial charge in [-0.1, -0.05) is 11.3 Å². The summed E-state index contributed by atoms with van der Waals surface area (Å²) in [4.78, 5) is 21.9. The quantitative estimate of drug-likeness (QED) is 0.467. The number of aromatic nitrogens is 8. The fourth-order valence-electron chi connectivity index (χ4n) is 3.23. The molecule has 0 aromatic carbocycles. The first-order valence-electron chi connectivity index (χ1n) is 8.51. The second kappa shape index (κ2) is 6.23. The highest BCUT2D eigenvalue weighted by atomic mass is 32.1. The van der Waals surface area contributed by atoms with Gasteiger partial charge in [0.25, 0.3) is 5.56 Å². The highest BCUT2D eigenvalue weighted by Crippen LogP contribution is 2.31. The minimum atomic E-state index is -0.188. The predicted octanol–water partition coefficient (Wildman–Crippen LogP) is 1.08. The third-order valence-corrected chi connectivity index (χ3v) is 5.59. The second-order valence-corrected chi connectivity index (χ2v) is 7.47. The lowest BCUT2D eigenvalue weighted by atomic mass is 10.3. The number of hydrogen-bond donors (Lipinski definition) is 2. The van der Waals surface area contributed by atoms with E-state index in [4.69, 9.17) is 5.73 Å². The van der Waals surface area contributed by atoms with Gasteiger partial charge in [-0.25, -0.2) is 14.6 Å². The Morgan fingerprint density at radius 2 is 2.14 bits per heavy atom. The number of rotatable bonds is 4. The Morgan fingerprint density at radius 3 is 2.93 bits per heavy atom. The van der Waals surface area contributed by atoms with Crippen LogP contribution in [0.15, 0.2) is 35.4 Å². The summed E-state index contributed by atoms with van der Waals surface area (Å²) < 4.78 is 4.15. The normalized spacial score (nSPS) is 11.6. The molecule has 0 aliphatic rings. The van der Waals surface area contributed by atoms with Crippen LogP contribution in [-0.2, 0) is 20.0 Å². The van der Waals surface area contributed by atoms with E-state index in [1.54, 1.807) is 24.5 Å². The number of pyridine rings is 1. The molecule has 5 rings (SSSR count). The molecule has 0 saturated carbocycles.